The number of hydrogen-bond donors (Lipinski definition) is 1. The number of anilines is 1. The first kappa shape index (κ1) is 19.7. The summed E-state index contributed by atoms with van der Waals surface area (Å²) in [6, 6.07) is 6.45. The molecule has 0 aliphatic carbocycles. The molecular weight excluding hydrogens is 371 g/mol. The Morgan fingerprint density at radius 3 is 2.58 bits per heavy atom. The van der Waals surface area contributed by atoms with E-state index in [4.69, 9.17) is 11.6 Å². The van der Waals surface area contributed by atoms with Crippen LogP contribution in [0.2, 0.25) is 5.02 Å². The Morgan fingerprint density at radius 1 is 1.27 bits per heavy atom. The van der Waals surface area contributed by atoms with Gasteiger partial charge in [-0.05, 0) is 29.8 Å². The molecule has 1 N–H and O–H groups in total. The molecule has 2 rings (SSSR count). The van der Waals surface area contributed by atoms with Crippen LogP contribution in [0.1, 0.15) is 18.1 Å². The van der Waals surface area contributed by atoms with Gasteiger partial charge in [-0.2, -0.15) is 13.2 Å². The lowest BCUT2D eigenvalue weighted by Crippen LogP contribution is -2.36. The second-order valence-corrected chi connectivity index (χ2v) is 5.91. The highest BCUT2D eigenvalue weighted by atomic mass is 35.5. The van der Waals surface area contributed by atoms with Crippen LogP contribution in [-0.2, 0) is 22.3 Å². The average molecular weight is 386 g/mol. The van der Waals surface area contributed by atoms with Gasteiger partial charge >= 0.3 is 6.18 Å². The average Bonchev–Trinajstić information content (AvgIpc) is 2.56. The zero-order valence-corrected chi connectivity index (χ0v) is 14.4. The molecule has 0 aliphatic heterocycles. The quantitative estimate of drug-likeness (QED) is 0.852. The third-order valence-electron chi connectivity index (χ3n) is 3.44. The molecule has 1 heterocycles. The van der Waals surface area contributed by atoms with Gasteiger partial charge in [0, 0.05) is 30.9 Å². The van der Waals surface area contributed by atoms with Crippen molar-refractivity contribution in [2.24, 2.45) is 0 Å². The van der Waals surface area contributed by atoms with E-state index in [0.717, 1.165) is 12.1 Å². The van der Waals surface area contributed by atoms with Crippen molar-refractivity contribution >= 4 is 29.1 Å². The maximum absolute atomic E-state index is 13.1. The molecule has 9 heteroatoms. The second kappa shape index (κ2) is 8.18. The van der Waals surface area contributed by atoms with E-state index in [1.54, 1.807) is 18.3 Å². The van der Waals surface area contributed by atoms with Gasteiger partial charge in [0.1, 0.15) is 6.54 Å². The lowest BCUT2D eigenvalue weighted by Gasteiger charge is -2.21. The topological polar surface area (TPSA) is 62.3 Å². The number of nitrogens with zero attached hydrogens (tertiary/aromatic N) is 2. The van der Waals surface area contributed by atoms with E-state index in [2.05, 4.69) is 10.3 Å². The molecule has 0 radical (unpaired) electrons. The Kier molecular flexibility index (Phi) is 6.20. The van der Waals surface area contributed by atoms with E-state index in [1.165, 1.54) is 24.1 Å². The standard InChI is InChI=1S/C17H15ClF3N3O2/c1-11(25)24(9-12-3-2-6-22-8-12)10-16(26)23-15-5-4-13(18)7-14(15)17(19,20)21/h2-8H,9-10H2,1H3,(H,23,26). The van der Waals surface area contributed by atoms with E-state index in [-0.39, 0.29) is 11.6 Å². The van der Waals surface area contributed by atoms with Crippen LogP contribution in [0.15, 0.2) is 42.7 Å². The number of hydrogen-bond acceptors (Lipinski definition) is 3. The molecule has 0 unspecified atom stereocenters. The predicted octanol–water partition coefficient (Wildman–Crippen LogP) is 3.74. The summed E-state index contributed by atoms with van der Waals surface area (Å²) >= 11 is 5.60. The molecule has 1 aromatic carbocycles. The fourth-order valence-corrected chi connectivity index (χ4v) is 2.39. The number of benzene rings is 1. The summed E-state index contributed by atoms with van der Waals surface area (Å²) in [6.45, 7) is 0.987. The Bertz CT molecular complexity index is 798. The molecule has 5 nitrogen and oxygen atoms in total. The minimum atomic E-state index is -4.68. The number of pyridine rings is 1. The van der Waals surface area contributed by atoms with Crippen LogP contribution in [0.3, 0.4) is 0 Å². The molecule has 0 saturated carbocycles. The third kappa shape index (κ3) is 5.45. The van der Waals surface area contributed by atoms with Gasteiger partial charge in [-0.25, -0.2) is 0 Å². The van der Waals surface area contributed by atoms with E-state index in [1.807, 2.05) is 0 Å². The maximum atomic E-state index is 13.1. The van der Waals surface area contributed by atoms with Gasteiger partial charge in [0.15, 0.2) is 0 Å². The number of rotatable bonds is 5. The minimum Gasteiger partial charge on any atom is -0.329 e. The van der Waals surface area contributed by atoms with Gasteiger partial charge in [-0.1, -0.05) is 17.7 Å². The van der Waals surface area contributed by atoms with Crippen molar-refractivity contribution in [3.05, 3.63) is 58.9 Å². The zero-order valence-electron chi connectivity index (χ0n) is 13.7. The van der Waals surface area contributed by atoms with Gasteiger partial charge < -0.3 is 10.2 Å². The highest BCUT2D eigenvalue weighted by Crippen LogP contribution is 2.36. The van der Waals surface area contributed by atoms with Crippen molar-refractivity contribution < 1.29 is 22.8 Å². The lowest BCUT2D eigenvalue weighted by atomic mass is 10.1. The van der Waals surface area contributed by atoms with Crippen molar-refractivity contribution in [1.82, 2.24) is 9.88 Å². The lowest BCUT2D eigenvalue weighted by molar-refractivity contribution is -0.137. The summed E-state index contributed by atoms with van der Waals surface area (Å²) in [5.74, 6) is -1.15. The van der Waals surface area contributed by atoms with E-state index in [0.29, 0.717) is 5.56 Å². The minimum absolute atomic E-state index is 0.0998. The van der Waals surface area contributed by atoms with E-state index >= 15 is 0 Å². The Balaban J connectivity index is 2.13. The summed E-state index contributed by atoms with van der Waals surface area (Å²) in [5.41, 5.74) is -0.783. The summed E-state index contributed by atoms with van der Waals surface area (Å²) < 4.78 is 39.2. The molecule has 0 bridgehead atoms. The third-order valence-corrected chi connectivity index (χ3v) is 3.67. The van der Waals surface area contributed by atoms with Crippen molar-refractivity contribution in [3.63, 3.8) is 0 Å². The SMILES string of the molecule is CC(=O)N(CC(=O)Nc1ccc(Cl)cc1C(F)(F)F)Cc1cccnc1. The smallest absolute Gasteiger partial charge is 0.329 e. The fraction of sp³-hybridized carbons (Fsp3) is 0.235. The van der Waals surface area contributed by atoms with Crippen LogP contribution < -0.4 is 5.32 Å². The van der Waals surface area contributed by atoms with Crippen molar-refractivity contribution in [1.29, 1.82) is 0 Å². The molecule has 26 heavy (non-hydrogen) atoms. The number of amides is 2. The first-order valence-corrected chi connectivity index (χ1v) is 7.85. The number of carbonyl (C=O) groups excluding carboxylic acids is 2. The van der Waals surface area contributed by atoms with Gasteiger partial charge in [0.2, 0.25) is 11.8 Å². The first-order valence-electron chi connectivity index (χ1n) is 7.48. The van der Waals surface area contributed by atoms with Gasteiger partial charge in [0.05, 0.1) is 11.3 Å². The molecule has 0 atom stereocenters. The molecule has 2 amide bonds. The number of carbonyl (C=O) groups is 2. The van der Waals surface area contributed by atoms with E-state index in [9.17, 15) is 22.8 Å². The number of halogens is 4. The maximum Gasteiger partial charge on any atom is 0.418 e. The molecule has 0 spiro atoms. The van der Waals surface area contributed by atoms with Crippen molar-refractivity contribution in [2.75, 3.05) is 11.9 Å². The van der Waals surface area contributed by atoms with Gasteiger partial charge in [-0.3, -0.25) is 14.6 Å². The van der Waals surface area contributed by atoms with Crippen molar-refractivity contribution in [2.45, 2.75) is 19.6 Å². The van der Waals surface area contributed by atoms with Crippen LogP contribution in [-0.4, -0.2) is 28.2 Å². The molecule has 1 aromatic heterocycles. The first-order chi connectivity index (χ1) is 12.2. The normalized spacial score (nSPS) is 11.1. The number of nitrogens with one attached hydrogen (secondary N) is 1. The molecule has 138 valence electrons. The van der Waals surface area contributed by atoms with Crippen LogP contribution in [0.5, 0.6) is 0 Å². The van der Waals surface area contributed by atoms with Crippen LogP contribution >= 0.6 is 11.6 Å². The predicted molar refractivity (Wildman–Crippen MR) is 90.4 cm³/mol. The second-order valence-electron chi connectivity index (χ2n) is 5.47. The number of alkyl halides is 3. The van der Waals surface area contributed by atoms with Gasteiger partial charge in [-0.15, -0.1) is 0 Å². The summed E-state index contributed by atoms with van der Waals surface area (Å²) in [4.78, 5) is 29.0. The zero-order chi connectivity index (χ0) is 19.3. The molecule has 2 aromatic rings. The Labute approximate surface area is 152 Å². The Morgan fingerprint density at radius 2 is 2.00 bits per heavy atom. The Hall–Kier alpha value is -2.61. The molecule has 0 saturated heterocycles. The monoisotopic (exact) mass is 385 g/mol. The fourth-order valence-electron chi connectivity index (χ4n) is 2.21. The van der Waals surface area contributed by atoms with Crippen LogP contribution in [0, 0.1) is 0 Å². The van der Waals surface area contributed by atoms with Crippen LogP contribution in [0.25, 0.3) is 0 Å². The van der Waals surface area contributed by atoms with Gasteiger partial charge in [0.25, 0.3) is 0 Å². The number of aromatic nitrogens is 1. The molecule has 0 aliphatic rings. The molecule has 0 fully saturated rings. The summed E-state index contributed by atoms with van der Waals surface area (Å²) in [5, 5.41) is 2.09. The highest BCUT2D eigenvalue weighted by Gasteiger charge is 2.34. The van der Waals surface area contributed by atoms with Crippen molar-refractivity contribution in [3.8, 4) is 0 Å². The van der Waals surface area contributed by atoms with E-state index < -0.39 is 35.8 Å². The molecular formula is C17H15ClF3N3O2. The van der Waals surface area contributed by atoms with Crippen LogP contribution in [0.4, 0.5) is 18.9 Å². The highest BCUT2D eigenvalue weighted by molar-refractivity contribution is 6.30. The summed E-state index contributed by atoms with van der Waals surface area (Å²) in [7, 11) is 0. The largest absolute Gasteiger partial charge is 0.418 e. The summed E-state index contributed by atoms with van der Waals surface area (Å²) in [6.07, 6.45) is -1.58.